The summed E-state index contributed by atoms with van der Waals surface area (Å²) in [4.78, 5) is 0. The van der Waals surface area contributed by atoms with Gasteiger partial charge in [-0.05, 0) is 79.3 Å². The lowest BCUT2D eigenvalue weighted by Gasteiger charge is -2.33. The Hall–Kier alpha value is -2.94. The fourth-order valence-corrected chi connectivity index (χ4v) is 3.40. The van der Waals surface area contributed by atoms with Gasteiger partial charge in [0, 0.05) is 5.41 Å². The molecular weight excluding hydrogens is 348 g/mol. The molecule has 0 saturated heterocycles. The zero-order valence-corrected chi connectivity index (χ0v) is 17.5. The third-order valence-corrected chi connectivity index (χ3v) is 5.32. The average molecular weight is 379 g/mol. The number of hydrogen-bond acceptors (Lipinski definition) is 3. The normalized spacial score (nSPS) is 10.9. The van der Waals surface area contributed by atoms with Gasteiger partial charge < -0.3 is 15.3 Å². The van der Waals surface area contributed by atoms with E-state index in [0.717, 1.165) is 33.4 Å². The van der Waals surface area contributed by atoms with Gasteiger partial charge in [0.25, 0.3) is 0 Å². The second kappa shape index (κ2) is 8.39. The predicted octanol–water partition coefficient (Wildman–Crippen LogP) is 6.11. The lowest BCUT2D eigenvalue weighted by atomic mass is 9.70. The van der Waals surface area contributed by atoms with Gasteiger partial charge in [0.15, 0.2) is 0 Å². The second-order valence-corrected chi connectivity index (χ2v) is 7.13. The minimum Gasteiger partial charge on any atom is -0.508 e. The molecule has 3 nitrogen and oxygen atoms in total. The Kier molecular flexibility index (Phi) is 6.40. The molecule has 0 bridgehead atoms. The van der Waals surface area contributed by atoms with Crippen LogP contribution in [0.2, 0.25) is 0 Å². The van der Waals surface area contributed by atoms with Crippen LogP contribution in [0.4, 0.5) is 0 Å². The maximum atomic E-state index is 9.95. The van der Waals surface area contributed by atoms with E-state index in [1.54, 1.807) is 18.2 Å². The van der Waals surface area contributed by atoms with Crippen molar-refractivity contribution < 1.29 is 15.3 Å². The van der Waals surface area contributed by atoms with Gasteiger partial charge >= 0.3 is 0 Å². The van der Waals surface area contributed by atoms with Crippen molar-refractivity contribution in [2.75, 3.05) is 0 Å². The van der Waals surface area contributed by atoms with Crippen LogP contribution in [-0.2, 0) is 5.41 Å². The molecule has 3 aromatic rings. The van der Waals surface area contributed by atoms with E-state index in [1.807, 2.05) is 71.0 Å². The molecule has 3 rings (SSSR count). The molecule has 0 radical (unpaired) electrons. The molecule has 0 unspecified atom stereocenters. The Morgan fingerprint density at radius 1 is 0.536 bits per heavy atom. The predicted molar refractivity (Wildman–Crippen MR) is 115 cm³/mol. The molecule has 0 heterocycles. The highest BCUT2D eigenvalue weighted by atomic mass is 16.3. The SMILES string of the molecule is CC.Cc1cc(C(C)(c2ccc(O)c(C)c2)c2ccc(O)c(C)c2)ccc1O. The number of phenols is 3. The van der Waals surface area contributed by atoms with Crippen LogP contribution >= 0.6 is 0 Å². The molecule has 3 N–H and O–H groups in total. The van der Waals surface area contributed by atoms with E-state index in [2.05, 4.69) is 6.92 Å². The highest BCUT2D eigenvalue weighted by Crippen LogP contribution is 2.42. The zero-order chi connectivity index (χ0) is 21.1. The molecule has 3 heteroatoms. The summed E-state index contributed by atoms with van der Waals surface area (Å²) >= 11 is 0. The first kappa shape index (κ1) is 21.4. The lowest BCUT2D eigenvalue weighted by molar-refractivity contribution is 0.469. The number of aryl methyl sites for hydroxylation is 3. The van der Waals surface area contributed by atoms with Crippen molar-refractivity contribution in [2.45, 2.75) is 47.0 Å². The quantitative estimate of drug-likeness (QED) is 0.482. The lowest BCUT2D eigenvalue weighted by Crippen LogP contribution is -2.25. The third kappa shape index (κ3) is 3.84. The minimum absolute atomic E-state index is 0.264. The topological polar surface area (TPSA) is 60.7 Å². The highest BCUT2D eigenvalue weighted by molar-refractivity contribution is 5.55. The first-order valence-electron chi connectivity index (χ1n) is 9.63. The van der Waals surface area contributed by atoms with Crippen molar-refractivity contribution in [3.63, 3.8) is 0 Å². The number of rotatable bonds is 3. The maximum absolute atomic E-state index is 9.95. The Morgan fingerprint density at radius 2 is 0.786 bits per heavy atom. The third-order valence-electron chi connectivity index (χ3n) is 5.32. The van der Waals surface area contributed by atoms with Crippen LogP contribution in [0.25, 0.3) is 0 Å². The summed E-state index contributed by atoms with van der Waals surface area (Å²) < 4.78 is 0. The van der Waals surface area contributed by atoms with E-state index in [4.69, 9.17) is 0 Å². The highest BCUT2D eigenvalue weighted by Gasteiger charge is 2.32. The Morgan fingerprint density at radius 3 is 1.00 bits per heavy atom. The van der Waals surface area contributed by atoms with Crippen LogP contribution in [0.1, 0.15) is 54.2 Å². The summed E-state index contributed by atoms with van der Waals surface area (Å²) in [5.74, 6) is 0.791. The summed E-state index contributed by atoms with van der Waals surface area (Å²) in [6.07, 6.45) is 0. The second-order valence-electron chi connectivity index (χ2n) is 7.13. The van der Waals surface area contributed by atoms with Crippen molar-refractivity contribution in [3.8, 4) is 17.2 Å². The maximum Gasteiger partial charge on any atom is 0.118 e. The summed E-state index contributed by atoms with van der Waals surface area (Å²) in [6.45, 7) is 11.8. The fraction of sp³-hybridized carbons (Fsp3) is 0.280. The number of hydrogen-bond donors (Lipinski definition) is 3. The molecule has 0 aliphatic heterocycles. The monoisotopic (exact) mass is 378 g/mol. The fourth-order valence-electron chi connectivity index (χ4n) is 3.40. The van der Waals surface area contributed by atoms with Crippen molar-refractivity contribution in [1.29, 1.82) is 0 Å². The minimum atomic E-state index is -0.505. The van der Waals surface area contributed by atoms with Crippen LogP contribution in [0, 0.1) is 20.8 Å². The van der Waals surface area contributed by atoms with E-state index in [0.29, 0.717) is 0 Å². The van der Waals surface area contributed by atoms with Crippen LogP contribution < -0.4 is 0 Å². The van der Waals surface area contributed by atoms with Gasteiger partial charge in [-0.1, -0.05) is 50.2 Å². The van der Waals surface area contributed by atoms with Crippen LogP contribution in [0.3, 0.4) is 0 Å². The molecule has 148 valence electrons. The van der Waals surface area contributed by atoms with Gasteiger partial charge in [-0.3, -0.25) is 0 Å². The van der Waals surface area contributed by atoms with Gasteiger partial charge in [-0.2, -0.15) is 0 Å². The number of benzene rings is 3. The molecule has 0 aliphatic rings. The largest absolute Gasteiger partial charge is 0.508 e. The smallest absolute Gasteiger partial charge is 0.118 e. The molecule has 0 saturated carbocycles. The molecule has 0 atom stereocenters. The van der Waals surface area contributed by atoms with Gasteiger partial charge in [-0.15, -0.1) is 0 Å². The molecule has 0 fully saturated rings. The molecule has 0 spiro atoms. The Bertz CT molecular complexity index is 848. The van der Waals surface area contributed by atoms with Crippen molar-refractivity contribution in [2.24, 2.45) is 0 Å². The van der Waals surface area contributed by atoms with Crippen LogP contribution in [0.15, 0.2) is 54.6 Å². The van der Waals surface area contributed by atoms with Gasteiger partial charge in [0.05, 0.1) is 0 Å². The van der Waals surface area contributed by atoms with E-state index < -0.39 is 5.41 Å². The van der Waals surface area contributed by atoms with Crippen LogP contribution in [0.5, 0.6) is 17.2 Å². The summed E-state index contributed by atoms with van der Waals surface area (Å²) in [7, 11) is 0. The van der Waals surface area contributed by atoms with Gasteiger partial charge in [0.1, 0.15) is 17.2 Å². The van der Waals surface area contributed by atoms with E-state index >= 15 is 0 Å². The number of phenolic OH excluding ortho intramolecular Hbond substituents is 3. The Labute approximate surface area is 167 Å². The molecule has 0 amide bonds. The Balaban J connectivity index is 0.00000136. The van der Waals surface area contributed by atoms with Crippen molar-refractivity contribution in [3.05, 3.63) is 88.0 Å². The zero-order valence-electron chi connectivity index (χ0n) is 17.5. The van der Waals surface area contributed by atoms with Gasteiger partial charge in [0.2, 0.25) is 0 Å². The molecule has 28 heavy (non-hydrogen) atoms. The summed E-state index contributed by atoms with van der Waals surface area (Å²) in [6, 6.07) is 16.9. The van der Waals surface area contributed by atoms with Crippen molar-refractivity contribution in [1.82, 2.24) is 0 Å². The van der Waals surface area contributed by atoms with Crippen LogP contribution in [-0.4, -0.2) is 15.3 Å². The average Bonchev–Trinajstić information content (AvgIpc) is 2.69. The van der Waals surface area contributed by atoms with Gasteiger partial charge in [-0.25, -0.2) is 0 Å². The molecule has 0 aliphatic carbocycles. The first-order chi connectivity index (χ1) is 13.2. The molecule has 0 aromatic heterocycles. The summed E-state index contributed by atoms with van der Waals surface area (Å²) in [5, 5.41) is 29.8. The van der Waals surface area contributed by atoms with E-state index in [9.17, 15) is 15.3 Å². The number of aromatic hydroxyl groups is 3. The van der Waals surface area contributed by atoms with Crippen molar-refractivity contribution >= 4 is 0 Å². The summed E-state index contributed by atoms with van der Waals surface area (Å²) in [5.41, 5.74) is 5.00. The molecular formula is C25H30O3. The standard InChI is InChI=1S/C23H24O3.C2H6/c1-14-11-17(5-8-20(14)24)23(4,18-6-9-21(25)15(2)12-18)19-7-10-22(26)16(3)13-19;1-2/h5-13,24-26H,1-4H3;1-2H3. The van der Waals surface area contributed by atoms with E-state index in [-0.39, 0.29) is 17.2 Å². The first-order valence-corrected chi connectivity index (χ1v) is 9.63. The van der Waals surface area contributed by atoms with E-state index in [1.165, 1.54) is 0 Å². The molecule has 3 aromatic carbocycles.